The molecule has 0 saturated heterocycles. The van der Waals surface area contributed by atoms with Crippen LogP contribution in [-0.2, 0) is 20.2 Å². The van der Waals surface area contributed by atoms with E-state index in [4.69, 9.17) is 17.8 Å². The Labute approximate surface area is 288 Å². The lowest BCUT2D eigenvalue weighted by atomic mass is 10.2. The van der Waals surface area contributed by atoms with Crippen molar-refractivity contribution >= 4 is 55.0 Å². The number of benzene rings is 5. The van der Waals surface area contributed by atoms with E-state index in [1.165, 1.54) is 99.1 Å². The van der Waals surface area contributed by atoms with Gasteiger partial charge in [0.05, 0.1) is 14.2 Å². The monoisotopic (exact) mass is 718 g/mol. The van der Waals surface area contributed by atoms with Gasteiger partial charge in [0.15, 0.2) is 0 Å². The maximum absolute atomic E-state index is 12.7. The zero-order valence-corrected chi connectivity index (χ0v) is 28.1. The normalized spacial score (nSPS) is 11.1. The Kier molecular flexibility index (Phi) is 10.7. The highest BCUT2D eigenvalue weighted by Gasteiger charge is 2.19. The van der Waals surface area contributed by atoms with Gasteiger partial charge in [-0.3, -0.25) is 0 Å². The molecule has 0 bridgehead atoms. The van der Waals surface area contributed by atoms with Crippen molar-refractivity contribution in [2.24, 2.45) is 0 Å². The zero-order chi connectivity index (χ0) is 35.7. The molecule has 0 fully saturated rings. The molecule has 0 spiro atoms. The molecule has 14 nitrogen and oxygen atoms in total. The van der Waals surface area contributed by atoms with Gasteiger partial charge in [0.25, 0.3) is 0 Å². The first kappa shape index (κ1) is 35.1. The van der Waals surface area contributed by atoms with Crippen molar-refractivity contribution in [1.29, 1.82) is 0 Å². The van der Waals surface area contributed by atoms with E-state index in [0.29, 0.717) is 22.9 Å². The molecule has 0 saturated carbocycles. The fourth-order valence-electron chi connectivity index (χ4n) is 4.31. The number of urea groups is 2. The van der Waals surface area contributed by atoms with Crippen LogP contribution in [-0.4, -0.2) is 43.1 Å². The van der Waals surface area contributed by atoms with Gasteiger partial charge in [-0.1, -0.05) is 12.1 Å². The molecule has 0 heterocycles. The summed E-state index contributed by atoms with van der Waals surface area (Å²) in [6, 6.07) is 28.1. The summed E-state index contributed by atoms with van der Waals surface area (Å²) in [7, 11) is -5.33. The summed E-state index contributed by atoms with van der Waals surface area (Å²) >= 11 is 0. The van der Waals surface area contributed by atoms with Crippen LogP contribution in [0, 0.1) is 0 Å². The van der Waals surface area contributed by atoms with E-state index in [0.717, 1.165) is 0 Å². The summed E-state index contributed by atoms with van der Waals surface area (Å²) in [5, 5.41) is 10.5. The van der Waals surface area contributed by atoms with E-state index in [9.17, 15) is 26.4 Å². The van der Waals surface area contributed by atoms with Crippen molar-refractivity contribution in [3.63, 3.8) is 0 Å². The van der Waals surface area contributed by atoms with Gasteiger partial charge in [-0.05, 0) is 97.1 Å². The highest BCUT2D eigenvalue weighted by atomic mass is 32.2. The molecule has 4 N–H and O–H groups in total. The second kappa shape index (κ2) is 15.3. The minimum atomic E-state index is -4.13. The Morgan fingerprint density at radius 3 is 1.12 bits per heavy atom. The molecule has 0 radical (unpaired) electrons. The molecule has 5 aromatic rings. The van der Waals surface area contributed by atoms with Crippen LogP contribution >= 0.6 is 0 Å². The molecule has 5 aromatic carbocycles. The SMILES string of the molecule is COc1ccc(S(=O)(=O)Oc2cccc(NC(=O)Nc3ccc(NC(=O)Nc4cccc(OS(=O)(=O)c5ccc(OC)cc5)c4)cc3)c2)cc1. The smallest absolute Gasteiger partial charge is 0.339 e. The second-order valence-corrected chi connectivity index (χ2v) is 13.3. The molecular weight excluding hydrogens is 689 g/mol. The average Bonchev–Trinajstić information content (AvgIpc) is 3.09. The van der Waals surface area contributed by atoms with Crippen LogP contribution < -0.4 is 39.1 Å². The van der Waals surface area contributed by atoms with E-state index >= 15 is 0 Å². The third kappa shape index (κ3) is 9.42. The van der Waals surface area contributed by atoms with Crippen LogP contribution in [0.15, 0.2) is 131 Å². The van der Waals surface area contributed by atoms with Gasteiger partial charge >= 0.3 is 32.3 Å². The van der Waals surface area contributed by atoms with Crippen molar-refractivity contribution in [1.82, 2.24) is 0 Å². The predicted octanol–water partition coefficient (Wildman–Crippen LogP) is 6.53. The Balaban J connectivity index is 1.12. The summed E-state index contributed by atoms with van der Waals surface area (Å²) in [5.41, 5.74) is 1.33. The largest absolute Gasteiger partial charge is 0.497 e. The summed E-state index contributed by atoms with van der Waals surface area (Å²) < 4.78 is 71.2. The number of hydrogen-bond donors (Lipinski definition) is 4. The third-order valence-electron chi connectivity index (χ3n) is 6.69. The fourth-order valence-corrected chi connectivity index (χ4v) is 6.15. The summed E-state index contributed by atoms with van der Waals surface area (Å²) in [6.07, 6.45) is 0. The van der Waals surface area contributed by atoms with Crippen molar-refractivity contribution in [2.45, 2.75) is 9.79 Å². The molecule has 0 unspecified atom stereocenters. The maximum Gasteiger partial charge on any atom is 0.339 e. The number of carbonyl (C=O) groups is 2. The molecule has 50 heavy (non-hydrogen) atoms. The lowest BCUT2D eigenvalue weighted by Crippen LogP contribution is -2.20. The predicted molar refractivity (Wildman–Crippen MR) is 186 cm³/mol. The zero-order valence-electron chi connectivity index (χ0n) is 26.4. The van der Waals surface area contributed by atoms with Crippen LogP contribution in [0.2, 0.25) is 0 Å². The quantitative estimate of drug-likeness (QED) is 0.103. The summed E-state index contributed by atoms with van der Waals surface area (Å²) in [5.74, 6) is 0.965. The van der Waals surface area contributed by atoms with Crippen LogP contribution in [0.3, 0.4) is 0 Å². The topological polar surface area (TPSA) is 187 Å². The van der Waals surface area contributed by atoms with Crippen molar-refractivity contribution < 1.29 is 44.3 Å². The molecule has 0 aliphatic carbocycles. The van der Waals surface area contributed by atoms with Gasteiger partial charge in [0, 0.05) is 34.9 Å². The van der Waals surface area contributed by atoms with Gasteiger partial charge in [0.1, 0.15) is 32.8 Å². The van der Waals surface area contributed by atoms with Gasteiger partial charge in [-0.2, -0.15) is 16.8 Å². The van der Waals surface area contributed by atoms with Crippen LogP contribution in [0.25, 0.3) is 0 Å². The minimum absolute atomic E-state index is 0.00910. The summed E-state index contributed by atoms with van der Waals surface area (Å²) in [4.78, 5) is 25.1. The van der Waals surface area contributed by atoms with Gasteiger partial charge < -0.3 is 39.1 Å². The average molecular weight is 719 g/mol. The van der Waals surface area contributed by atoms with Crippen molar-refractivity contribution in [3.05, 3.63) is 121 Å². The van der Waals surface area contributed by atoms with E-state index in [1.54, 1.807) is 36.4 Å². The number of ether oxygens (including phenoxy) is 2. The van der Waals surface area contributed by atoms with Gasteiger partial charge in [-0.25, -0.2) is 9.59 Å². The van der Waals surface area contributed by atoms with Gasteiger partial charge in [-0.15, -0.1) is 0 Å². The van der Waals surface area contributed by atoms with E-state index in [1.807, 2.05) is 0 Å². The second-order valence-electron chi connectivity index (χ2n) is 10.2. The fraction of sp³-hybridized carbons (Fsp3) is 0.0588. The van der Waals surface area contributed by atoms with E-state index in [2.05, 4.69) is 21.3 Å². The Hall–Kier alpha value is -6.26. The molecule has 0 atom stereocenters. The molecular formula is C34H30N4O10S2. The molecule has 0 aliphatic rings. The minimum Gasteiger partial charge on any atom is -0.497 e. The molecule has 258 valence electrons. The standard InChI is InChI=1S/C34H30N4O10S2/c1-45-27-13-17-31(18-14-27)49(41,42)47-29-7-3-5-25(21-29)37-33(39)35-23-9-11-24(12-10-23)36-34(40)38-26-6-4-8-30(22-26)48-50(43,44)32-19-15-28(46-2)16-20-32/h3-22H,1-2H3,(H2,35,37,39)(H2,36,38,40). The lowest BCUT2D eigenvalue weighted by Gasteiger charge is -2.12. The number of nitrogens with one attached hydrogen (secondary N) is 4. The van der Waals surface area contributed by atoms with Crippen molar-refractivity contribution in [2.75, 3.05) is 35.5 Å². The van der Waals surface area contributed by atoms with E-state index < -0.39 is 32.3 Å². The molecule has 0 aliphatic heterocycles. The summed E-state index contributed by atoms with van der Waals surface area (Å²) in [6.45, 7) is 0. The Morgan fingerprint density at radius 2 is 0.780 bits per heavy atom. The molecule has 4 amide bonds. The van der Waals surface area contributed by atoms with Gasteiger partial charge in [0.2, 0.25) is 0 Å². The first-order valence-corrected chi connectivity index (χ1v) is 17.4. The third-order valence-corrected chi connectivity index (χ3v) is 9.22. The lowest BCUT2D eigenvalue weighted by molar-refractivity contribution is 0.261. The maximum atomic E-state index is 12.7. The molecule has 0 aromatic heterocycles. The first-order valence-electron chi connectivity index (χ1n) is 14.6. The van der Waals surface area contributed by atoms with Crippen LogP contribution in [0.5, 0.6) is 23.0 Å². The number of anilines is 4. The van der Waals surface area contributed by atoms with Crippen molar-refractivity contribution in [3.8, 4) is 23.0 Å². The molecule has 16 heteroatoms. The van der Waals surface area contributed by atoms with E-state index in [-0.39, 0.29) is 32.7 Å². The highest BCUT2D eigenvalue weighted by molar-refractivity contribution is 7.87. The number of carbonyl (C=O) groups excluding carboxylic acids is 2. The number of methoxy groups -OCH3 is 2. The molecule has 5 rings (SSSR count). The highest BCUT2D eigenvalue weighted by Crippen LogP contribution is 2.25. The van der Waals surface area contributed by atoms with Crippen LogP contribution in [0.4, 0.5) is 32.3 Å². The Bertz CT molecular complexity index is 2040. The number of hydrogen-bond acceptors (Lipinski definition) is 10. The first-order chi connectivity index (χ1) is 23.9. The Morgan fingerprint density at radius 1 is 0.440 bits per heavy atom. The van der Waals surface area contributed by atoms with Crippen LogP contribution in [0.1, 0.15) is 0 Å². The number of rotatable bonds is 12. The number of amides is 4.